The molecule has 0 saturated carbocycles. The van der Waals surface area contributed by atoms with Gasteiger partial charge in [-0.2, -0.15) is 0 Å². The van der Waals surface area contributed by atoms with E-state index in [1.165, 1.54) is 24.0 Å². The Balaban J connectivity index is 2.01. The summed E-state index contributed by atoms with van der Waals surface area (Å²) >= 11 is 0. The first-order valence-electron chi connectivity index (χ1n) is 6.32. The molecule has 1 saturated heterocycles. The fourth-order valence-corrected chi connectivity index (χ4v) is 3.10. The van der Waals surface area contributed by atoms with E-state index >= 15 is 0 Å². The average Bonchev–Trinajstić information content (AvgIpc) is 2.78. The molecule has 0 spiro atoms. The predicted octanol–water partition coefficient (Wildman–Crippen LogP) is 2.40. The van der Waals surface area contributed by atoms with E-state index in [2.05, 4.69) is 24.4 Å². The van der Waals surface area contributed by atoms with Gasteiger partial charge in [-0.25, -0.2) is 0 Å². The van der Waals surface area contributed by atoms with Crippen molar-refractivity contribution in [3.63, 3.8) is 0 Å². The standard InChI is InChI=1S/C14H19NO/c1-10-2-3-13-12(6-9-16-13)14(10)11-4-7-15-8-5-11/h2-3,11,15H,4-9H2,1H3. The van der Waals surface area contributed by atoms with Gasteiger partial charge in [0.2, 0.25) is 0 Å². The lowest BCUT2D eigenvalue weighted by molar-refractivity contribution is 0.357. The van der Waals surface area contributed by atoms with Crippen LogP contribution in [0, 0.1) is 6.92 Å². The van der Waals surface area contributed by atoms with Gasteiger partial charge in [-0.3, -0.25) is 0 Å². The van der Waals surface area contributed by atoms with Crippen molar-refractivity contribution in [3.05, 3.63) is 28.8 Å². The summed E-state index contributed by atoms with van der Waals surface area (Å²) < 4.78 is 5.67. The number of benzene rings is 1. The van der Waals surface area contributed by atoms with Gasteiger partial charge in [-0.1, -0.05) is 6.07 Å². The second kappa shape index (κ2) is 4.10. The van der Waals surface area contributed by atoms with Crippen molar-refractivity contribution >= 4 is 0 Å². The lowest BCUT2D eigenvalue weighted by Gasteiger charge is -2.26. The highest BCUT2D eigenvalue weighted by Gasteiger charge is 2.24. The van der Waals surface area contributed by atoms with Gasteiger partial charge in [-0.05, 0) is 56.0 Å². The van der Waals surface area contributed by atoms with E-state index in [1.54, 1.807) is 5.56 Å². The normalized spacial score (nSPS) is 20.6. The summed E-state index contributed by atoms with van der Waals surface area (Å²) in [6.07, 6.45) is 3.66. The molecule has 1 aromatic rings. The minimum Gasteiger partial charge on any atom is -0.493 e. The first kappa shape index (κ1) is 10.2. The van der Waals surface area contributed by atoms with Crippen LogP contribution in [0.1, 0.15) is 35.4 Å². The summed E-state index contributed by atoms with van der Waals surface area (Å²) in [5.41, 5.74) is 4.54. The van der Waals surface area contributed by atoms with Gasteiger partial charge in [0, 0.05) is 12.0 Å². The highest BCUT2D eigenvalue weighted by Crippen LogP contribution is 2.38. The maximum atomic E-state index is 5.67. The van der Waals surface area contributed by atoms with Crippen molar-refractivity contribution in [2.24, 2.45) is 0 Å². The zero-order chi connectivity index (χ0) is 11.0. The van der Waals surface area contributed by atoms with E-state index in [9.17, 15) is 0 Å². The summed E-state index contributed by atoms with van der Waals surface area (Å²) in [6.45, 7) is 5.44. The molecule has 16 heavy (non-hydrogen) atoms. The third-order valence-corrected chi connectivity index (χ3v) is 3.89. The molecule has 0 aliphatic carbocycles. The molecule has 0 radical (unpaired) electrons. The summed E-state index contributed by atoms with van der Waals surface area (Å²) in [4.78, 5) is 0. The van der Waals surface area contributed by atoms with Crippen molar-refractivity contribution < 1.29 is 4.74 Å². The lowest BCUT2D eigenvalue weighted by Crippen LogP contribution is -2.27. The van der Waals surface area contributed by atoms with Gasteiger partial charge in [0.1, 0.15) is 5.75 Å². The van der Waals surface area contributed by atoms with Gasteiger partial charge in [0.05, 0.1) is 6.61 Å². The third kappa shape index (κ3) is 1.61. The van der Waals surface area contributed by atoms with Crippen LogP contribution in [-0.2, 0) is 6.42 Å². The quantitative estimate of drug-likeness (QED) is 0.780. The molecule has 0 aromatic heterocycles. The number of ether oxygens (including phenoxy) is 1. The molecule has 0 unspecified atom stereocenters. The molecule has 0 bridgehead atoms. The Morgan fingerprint density at radius 1 is 1.25 bits per heavy atom. The van der Waals surface area contributed by atoms with Crippen LogP contribution in [0.25, 0.3) is 0 Å². The molecule has 0 atom stereocenters. The first-order chi connectivity index (χ1) is 7.86. The van der Waals surface area contributed by atoms with Gasteiger partial charge in [-0.15, -0.1) is 0 Å². The van der Waals surface area contributed by atoms with Crippen LogP contribution in [0.2, 0.25) is 0 Å². The summed E-state index contributed by atoms with van der Waals surface area (Å²) in [5, 5.41) is 3.44. The van der Waals surface area contributed by atoms with Gasteiger partial charge < -0.3 is 10.1 Å². The minimum atomic E-state index is 0.748. The number of fused-ring (bicyclic) bond motifs is 1. The second-order valence-electron chi connectivity index (χ2n) is 4.90. The van der Waals surface area contributed by atoms with E-state index in [-0.39, 0.29) is 0 Å². The Kier molecular flexibility index (Phi) is 2.60. The van der Waals surface area contributed by atoms with Crippen LogP contribution in [0.3, 0.4) is 0 Å². The van der Waals surface area contributed by atoms with Crippen molar-refractivity contribution in [2.75, 3.05) is 19.7 Å². The average molecular weight is 217 g/mol. The predicted molar refractivity (Wildman–Crippen MR) is 65.2 cm³/mol. The molecule has 86 valence electrons. The van der Waals surface area contributed by atoms with Crippen molar-refractivity contribution in [1.82, 2.24) is 5.32 Å². The molecular formula is C14H19NO. The zero-order valence-corrected chi connectivity index (χ0v) is 9.88. The van der Waals surface area contributed by atoms with E-state index in [1.807, 2.05) is 0 Å². The van der Waals surface area contributed by atoms with Crippen molar-refractivity contribution in [2.45, 2.75) is 32.1 Å². The van der Waals surface area contributed by atoms with E-state index in [0.717, 1.165) is 37.8 Å². The number of rotatable bonds is 1. The van der Waals surface area contributed by atoms with Gasteiger partial charge >= 0.3 is 0 Å². The first-order valence-corrected chi connectivity index (χ1v) is 6.32. The molecule has 2 nitrogen and oxygen atoms in total. The Morgan fingerprint density at radius 2 is 2.06 bits per heavy atom. The lowest BCUT2D eigenvalue weighted by atomic mass is 9.83. The van der Waals surface area contributed by atoms with Crippen LogP contribution in [-0.4, -0.2) is 19.7 Å². The molecule has 1 aromatic carbocycles. The molecule has 2 heteroatoms. The Bertz CT molecular complexity index is 394. The Hall–Kier alpha value is -1.02. The van der Waals surface area contributed by atoms with Crippen LogP contribution < -0.4 is 10.1 Å². The SMILES string of the molecule is Cc1ccc2c(c1C1CCNCC1)CCO2. The number of piperidine rings is 1. The molecule has 3 rings (SSSR count). The molecular weight excluding hydrogens is 198 g/mol. The van der Waals surface area contributed by atoms with E-state index in [4.69, 9.17) is 4.74 Å². The maximum absolute atomic E-state index is 5.67. The Labute approximate surface area is 97.0 Å². The van der Waals surface area contributed by atoms with Crippen LogP contribution in [0.4, 0.5) is 0 Å². The van der Waals surface area contributed by atoms with E-state index < -0.39 is 0 Å². The smallest absolute Gasteiger partial charge is 0.122 e. The number of nitrogens with one attached hydrogen (secondary N) is 1. The van der Waals surface area contributed by atoms with Gasteiger partial charge in [0.15, 0.2) is 0 Å². The topological polar surface area (TPSA) is 21.3 Å². The monoisotopic (exact) mass is 217 g/mol. The van der Waals surface area contributed by atoms with Crippen LogP contribution in [0.15, 0.2) is 12.1 Å². The number of hydrogen-bond acceptors (Lipinski definition) is 2. The highest BCUT2D eigenvalue weighted by atomic mass is 16.5. The fourth-order valence-electron chi connectivity index (χ4n) is 3.10. The maximum Gasteiger partial charge on any atom is 0.122 e. The molecule has 1 fully saturated rings. The fraction of sp³-hybridized carbons (Fsp3) is 0.571. The summed E-state index contributed by atoms with van der Waals surface area (Å²) in [5.74, 6) is 1.89. The third-order valence-electron chi connectivity index (χ3n) is 3.89. The highest BCUT2D eigenvalue weighted by molar-refractivity contribution is 5.48. The minimum absolute atomic E-state index is 0.748. The van der Waals surface area contributed by atoms with Crippen LogP contribution in [0.5, 0.6) is 5.75 Å². The zero-order valence-electron chi connectivity index (χ0n) is 9.88. The Morgan fingerprint density at radius 3 is 2.88 bits per heavy atom. The molecule has 2 heterocycles. The second-order valence-corrected chi connectivity index (χ2v) is 4.90. The molecule has 0 amide bonds. The number of hydrogen-bond donors (Lipinski definition) is 1. The van der Waals surface area contributed by atoms with E-state index in [0.29, 0.717) is 0 Å². The van der Waals surface area contributed by atoms with Crippen molar-refractivity contribution in [1.29, 1.82) is 0 Å². The largest absolute Gasteiger partial charge is 0.493 e. The summed E-state index contributed by atoms with van der Waals surface area (Å²) in [6, 6.07) is 4.36. The summed E-state index contributed by atoms with van der Waals surface area (Å²) in [7, 11) is 0. The van der Waals surface area contributed by atoms with Gasteiger partial charge in [0.25, 0.3) is 0 Å². The van der Waals surface area contributed by atoms with Crippen molar-refractivity contribution in [3.8, 4) is 5.75 Å². The molecule has 1 N–H and O–H groups in total. The molecule has 2 aliphatic heterocycles. The molecule has 2 aliphatic rings. The van der Waals surface area contributed by atoms with Crippen LogP contribution >= 0.6 is 0 Å². The number of aryl methyl sites for hydroxylation is 1.